The van der Waals surface area contributed by atoms with E-state index in [-0.39, 0.29) is 42.5 Å². The lowest BCUT2D eigenvalue weighted by Gasteiger charge is -2.20. The topological polar surface area (TPSA) is 66.0 Å². The standard InChI is InChI=1S/C23H32N4O2.HI/c1-6-18-7-11-20(12-8-18)17(2)26-23(25-16-22(28)27(3)4)24-15-19-9-13-21(29-5)14-10-19;/h7-14,17H,6,15-16H2,1-5H3,(H2,24,25,26);1H. The monoisotopic (exact) mass is 524 g/mol. The number of aliphatic imine (C=N–C) groups is 1. The number of rotatable bonds is 8. The van der Waals surface area contributed by atoms with Crippen molar-refractivity contribution in [2.45, 2.75) is 32.9 Å². The van der Waals surface area contributed by atoms with Crippen molar-refractivity contribution in [3.63, 3.8) is 0 Å². The first kappa shape index (κ1) is 25.7. The summed E-state index contributed by atoms with van der Waals surface area (Å²) in [5.74, 6) is 1.40. The van der Waals surface area contributed by atoms with Crippen molar-refractivity contribution >= 4 is 35.8 Å². The van der Waals surface area contributed by atoms with Crippen molar-refractivity contribution in [1.82, 2.24) is 15.5 Å². The molecule has 7 heteroatoms. The molecule has 0 aromatic heterocycles. The first-order valence-corrected chi connectivity index (χ1v) is 9.89. The summed E-state index contributed by atoms with van der Waals surface area (Å²) < 4.78 is 5.20. The van der Waals surface area contributed by atoms with E-state index in [0.29, 0.717) is 12.5 Å². The third-order valence-electron chi connectivity index (χ3n) is 4.73. The number of amides is 1. The number of carbonyl (C=O) groups excluding carboxylic acids is 1. The maximum absolute atomic E-state index is 12.0. The molecule has 0 fully saturated rings. The molecule has 0 aliphatic heterocycles. The van der Waals surface area contributed by atoms with Gasteiger partial charge in [0.1, 0.15) is 5.75 Å². The number of methoxy groups -OCH3 is 1. The average Bonchev–Trinajstić information content (AvgIpc) is 2.75. The zero-order valence-corrected chi connectivity index (χ0v) is 20.8. The summed E-state index contributed by atoms with van der Waals surface area (Å²) >= 11 is 0. The van der Waals surface area contributed by atoms with Gasteiger partial charge in [0.25, 0.3) is 0 Å². The molecule has 30 heavy (non-hydrogen) atoms. The van der Waals surface area contributed by atoms with E-state index < -0.39 is 0 Å². The Balaban J connectivity index is 0.00000450. The second kappa shape index (κ2) is 13.1. The zero-order chi connectivity index (χ0) is 21.2. The van der Waals surface area contributed by atoms with Gasteiger partial charge in [-0.05, 0) is 42.2 Å². The second-order valence-electron chi connectivity index (χ2n) is 7.12. The highest BCUT2D eigenvalue weighted by Gasteiger charge is 2.10. The van der Waals surface area contributed by atoms with Crippen molar-refractivity contribution < 1.29 is 9.53 Å². The van der Waals surface area contributed by atoms with Gasteiger partial charge in [0.15, 0.2) is 5.96 Å². The SMILES string of the molecule is CCc1ccc(C(C)NC(=NCc2ccc(OC)cc2)NCC(=O)N(C)C)cc1.I. The van der Waals surface area contributed by atoms with Gasteiger partial charge in [-0.25, -0.2) is 4.99 Å². The number of likely N-dealkylation sites (N-methyl/N-ethyl adjacent to an activating group) is 1. The van der Waals surface area contributed by atoms with Crippen LogP contribution in [0.2, 0.25) is 0 Å². The molecule has 6 nitrogen and oxygen atoms in total. The largest absolute Gasteiger partial charge is 0.497 e. The molecule has 164 valence electrons. The van der Waals surface area contributed by atoms with Crippen LogP contribution in [-0.4, -0.2) is 44.5 Å². The molecule has 1 atom stereocenters. The third-order valence-corrected chi connectivity index (χ3v) is 4.73. The quantitative estimate of drug-likeness (QED) is 0.314. The van der Waals surface area contributed by atoms with Crippen LogP contribution >= 0.6 is 24.0 Å². The van der Waals surface area contributed by atoms with Gasteiger partial charge in [0, 0.05) is 14.1 Å². The van der Waals surface area contributed by atoms with E-state index in [2.05, 4.69) is 53.7 Å². The highest BCUT2D eigenvalue weighted by atomic mass is 127. The van der Waals surface area contributed by atoms with Crippen LogP contribution in [0.3, 0.4) is 0 Å². The molecule has 2 rings (SSSR count). The van der Waals surface area contributed by atoms with Crippen LogP contribution in [0.5, 0.6) is 5.75 Å². The highest BCUT2D eigenvalue weighted by Crippen LogP contribution is 2.14. The lowest BCUT2D eigenvalue weighted by Crippen LogP contribution is -2.43. The summed E-state index contributed by atoms with van der Waals surface area (Å²) in [5, 5.41) is 6.54. The van der Waals surface area contributed by atoms with Crippen molar-refractivity contribution in [1.29, 1.82) is 0 Å². The number of carbonyl (C=O) groups is 1. The molecule has 0 bridgehead atoms. The van der Waals surface area contributed by atoms with Crippen molar-refractivity contribution in [3.05, 3.63) is 65.2 Å². The number of hydrogen-bond acceptors (Lipinski definition) is 3. The van der Waals surface area contributed by atoms with E-state index in [1.54, 1.807) is 26.1 Å². The number of hydrogen-bond donors (Lipinski definition) is 2. The maximum Gasteiger partial charge on any atom is 0.241 e. The van der Waals surface area contributed by atoms with Gasteiger partial charge in [-0.3, -0.25) is 4.79 Å². The van der Waals surface area contributed by atoms with Gasteiger partial charge in [-0.2, -0.15) is 0 Å². The van der Waals surface area contributed by atoms with Crippen molar-refractivity contribution in [2.75, 3.05) is 27.7 Å². The van der Waals surface area contributed by atoms with Crippen LogP contribution in [0.4, 0.5) is 0 Å². The van der Waals surface area contributed by atoms with Gasteiger partial charge in [0.2, 0.25) is 5.91 Å². The number of halogens is 1. The van der Waals surface area contributed by atoms with Crippen LogP contribution < -0.4 is 15.4 Å². The first-order chi connectivity index (χ1) is 13.9. The van der Waals surface area contributed by atoms with Crippen LogP contribution in [-0.2, 0) is 17.8 Å². The van der Waals surface area contributed by atoms with Gasteiger partial charge in [-0.15, -0.1) is 24.0 Å². The normalized spacial score (nSPS) is 11.8. The molecule has 1 amide bonds. The lowest BCUT2D eigenvalue weighted by molar-refractivity contribution is -0.127. The first-order valence-electron chi connectivity index (χ1n) is 9.89. The predicted molar refractivity (Wildman–Crippen MR) is 134 cm³/mol. The Labute approximate surface area is 197 Å². The van der Waals surface area contributed by atoms with Gasteiger partial charge < -0.3 is 20.3 Å². The van der Waals surface area contributed by atoms with Crippen LogP contribution in [0, 0.1) is 0 Å². The molecule has 0 saturated carbocycles. The summed E-state index contributed by atoms with van der Waals surface area (Å²) in [6.07, 6.45) is 1.02. The number of nitrogens with zero attached hydrogens (tertiary/aromatic N) is 2. The molecule has 2 aromatic rings. The Morgan fingerprint density at radius 1 is 1.07 bits per heavy atom. The third kappa shape index (κ3) is 8.22. The molecule has 2 N–H and O–H groups in total. The molecule has 0 heterocycles. The Morgan fingerprint density at radius 2 is 1.67 bits per heavy atom. The summed E-state index contributed by atoms with van der Waals surface area (Å²) in [6, 6.07) is 16.4. The van der Waals surface area contributed by atoms with E-state index in [9.17, 15) is 4.79 Å². The fourth-order valence-corrected chi connectivity index (χ4v) is 2.70. The minimum atomic E-state index is -0.0103. The maximum atomic E-state index is 12.0. The average molecular weight is 524 g/mol. The number of nitrogens with one attached hydrogen (secondary N) is 2. The molecule has 2 aromatic carbocycles. The fourth-order valence-electron chi connectivity index (χ4n) is 2.70. The van der Waals surface area contributed by atoms with E-state index >= 15 is 0 Å². The Kier molecular flexibility index (Phi) is 11.2. The number of guanidine groups is 1. The van der Waals surface area contributed by atoms with E-state index in [4.69, 9.17) is 4.74 Å². The van der Waals surface area contributed by atoms with Crippen LogP contribution in [0.25, 0.3) is 0 Å². The molecule has 0 saturated heterocycles. The molecular formula is C23H33IN4O2. The number of ether oxygens (including phenoxy) is 1. The van der Waals surface area contributed by atoms with Crippen LogP contribution in [0.1, 0.15) is 36.6 Å². The van der Waals surface area contributed by atoms with E-state index in [0.717, 1.165) is 17.7 Å². The lowest BCUT2D eigenvalue weighted by atomic mass is 10.1. The molecule has 0 spiro atoms. The van der Waals surface area contributed by atoms with E-state index in [1.807, 2.05) is 24.3 Å². The van der Waals surface area contributed by atoms with Gasteiger partial charge in [-0.1, -0.05) is 43.3 Å². The predicted octanol–water partition coefficient (Wildman–Crippen LogP) is 3.76. The minimum Gasteiger partial charge on any atom is -0.497 e. The van der Waals surface area contributed by atoms with Gasteiger partial charge in [0.05, 0.1) is 26.2 Å². The summed E-state index contributed by atoms with van der Waals surface area (Å²) in [7, 11) is 5.13. The minimum absolute atomic E-state index is 0. The smallest absolute Gasteiger partial charge is 0.241 e. The van der Waals surface area contributed by atoms with Gasteiger partial charge >= 0.3 is 0 Å². The Bertz CT molecular complexity index is 805. The molecular weight excluding hydrogens is 491 g/mol. The molecule has 1 unspecified atom stereocenters. The molecule has 0 radical (unpaired) electrons. The fraction of sp³-hybridized carbons (Fsp3) is 0.391. The van der Waals surface area contributed by atoms with Crippen molar-refractivity contribution in [3.8, 4) is 5.75 Å². The highest BCUT2D eigenvalue weighted by molar-refractivity contribution is 14.0. The number of aryl methyl sites for hydroxylation is 1. The second-order valence-corrected chi connectivity index (χ2v) is 7.12. The summed E-state index contributed by atoms with van der Waals surface area (Å²) in [5.41, 5.74) is 3.54. The Morgan fingerprint density at radius 3 is 2.20 bits per heavy atom. The van der Waals surface area contributed by atoms with Crippen molar-refractivity contribution in [2.24, 2.45) is 4.99 Å². The summed E-state index contributed by atoms with van der Waals surface area (Å²) in [6.45, 7) is 4.91. The molecule has 0 aliphatic rings. The molecule has 0 aliphatic carbocycles. The van der Waals surface area contributed by atoms with E-state index in [1.165, 1.54) is 11.1 Å². The zero-order valence-electron chi connectivity index (χ0n) is 18.4. The number of benzene rings is 2. The van der Waals surface area contributed by atoms with Crippen LogP contribution in [0.15, 0.2) is 53.5 Å². The Hall–Kier alpha value is -2.29. The summed E-state index contributed by atoms with van der Waals surface area (Å²) in [4.78, 5) is 18.2.